The number of hydrogen-bond acceptors (Lipinski definition) is 3. The molecule has 1 aromatic rings. The Bertz CT molecular complexity index is 477. The topological polar surface area (TPSA) is 58.4 Å². The summed E-state index contributed by atoms with van der Waals surface area (Å²) < 4.78 is 0. The molecule has 2 rings (SSSR count). The van der Waals surface area contributed by atoms with Crippen LogP contribution >= 0.6 is 0 Å². The van der Waals surface area contributed by atoms with E-state index in [9.17, 15) is 4.79 Å². The van der Waals surface area contributed by atoms with Crippen molar-refractivity contribution >= 4 is 17.3 Å². The van der Waals surface area contributed by atoms with Crippen LogP contribution in [0.4, 0.5) is 11.4 Å². The molecule has 0 unspecified atom stereocenters. The molecule has 0 aliphatic carbocycles. The summed E-state index contributed by atoms with van der Waals surface area (Å²) >= 11 is 0. The number of benzene rings is 1. The van der Waals surface area contributed by atoms with Gasteiger partial charge in [-0.25, -0.2) is 0 Å². The first-order chi connectivity index (χ1) is 8.91. The zero-order chi connectivity index (χ0) is 14.0. The number of carbonyl (C=O) groups is 1. The lowest BCUT2D eigenvalue weighted by Gasteiger charge is -2.26. The second-order valence-corrected chi connectivity index (χ2v) is 6.06. The van der Waals surface area contributed by atoms with Crippen molar-refractivity contribution in [3.05, 3.63) is 23.8 Å². The molecule has 104 valence electrons. The molecule has 0 bridgehead atoms. The first kappa shape index (κ1) is 13.9. The number of nitrogens with two attached hydrogens (primary N) is 1. The van der Waals surface area contributed by atoms with Crippen molar-refractivity contribution in [2.45, 2.75) is 32.6 Å². The lowest BCUT2D eigenvalue weighted by atomic mass is 9.86. The van der Waals surface area contributed by atoms with E-state index in [0.717, 1.165) is 24.5 Å². The molecule has 0 saturated carbocycles. The van der Waals surface area contributed by atoms with E-state index < -0.39 is 0 Å². The van der Waals surface area contributed by atoms with Crippen LogP contribution in [0.3, 0.4) is 0 Å². The lowest BCUT2D eigenvalue weighted by Crippen LogP contribution is -2.30. The molecule has 4 nitrogen and oxygen atoms in total. The summed E-state index contributed by atoms with van der Waals surface area (Å²) in [7, 11) is 0. The largest absolute Gasteiger partial charge is 0.368 e. The fourth-order valence-electron chi connectivity index (χ4n) is 2.34. The van der Waals surface area contributed by atoms with E-state index >= 15 is 0 Å². The number of rotatable bonds is 2. The highest BCUT2D eigenvalue weighted by Crippen LogP contribution is 2.33. The number of hydrogen-bond donors (Lipinski definition) is 2. The third-order valence-corrected chi connectivity index (χ3v) is 3.49. The number of nitrogens with zero attached hydrogens (tertiary/aromatic N) is 1. The maximum Gasteiger partial charge on any atom is 0.226 e. The van der Waals surface area contributed by atoms with Crippen molar-refractivity contribution in [2.75, 3.05) is 29.9 Å². The minimum atomic E-state index is 0.0742. The predicted octanol–water partition coefficient (Wildman–Crippen LogP) is 2.09. The maximum atomic E-state index is 11.8. The highest BCUT2D eigenvalue weighted by atomic mass is 16.1. The van der Waals surface area contributed by atoms with Crippen LogP contribution in [0.1, 0.15) is 32.8 Å². The Morgan fingerprint density at radius 1 is 1.37 bits per heavy atom. The van der Waals surface area contributed by atoms with Crippen molar-refractivity contribution in [3.63, 3.8) is 0 Å². The van der Waals surface area contributed by atoms with Crippen molar-refractivity contribution in [1.29, 1.82) is 0 Å². The standard InChI is InChI=1S/C15H23N3O/c1-15(2,3)11-4-5-13-12(10-11)17-14(19)6-8-18(13)9-7-16/h4-5,10H,6-9,16H2,1-3H3,(H,17,19). The molecule has 1 aliphatic rings. The number of anilines is 2. The second-order valence-electron chi connectivity index (χ2n) is 6.06. The minimum absolute atomic E-state index is 0.0742. The number of carbonyl (C=O) groups excluding carboxylic acids is 1. The molecule has 19 heavy (non-hydrogen) atoms. The van der Waals surface area contributed by atoms with Gasteiger partial charge in [0, 0.05) is 26.1 Å². The van der Waals surface area contributed by atoms with Crippen LogP contribution in [-0.4, -0.2) is 25.5 Å². The van der Waals surface area contributed by atoms with Crippen LogP contribution in [0.25, 0.3) is 0 Å². The van der Waals surface area contributed by atoms with Crippen molar-refractivity contribution < 1.29 is 4.79 Å². The molecule has 0 aromatic heterocycles. The Morgan fingerprint density at radius 3 is 2.74 bits per heavy atom. The van der Waals surface area contributed by atoms with Crippen LogP contribution in [0.15, 0.2) is 18.2 Å². The summed E-state index contributed by atoms with van der Waals surface area (Å²) in [6.45, 7) is 8.61. The van der Waals surface area contributed by atoms with E-state index in [1.54, 1.807) is 0 Å². The molecule has 1 aliphatic heterocycles. The molecule has 1 heterocycles. The van der Waals surface area contributed by atoms with Crippen molar-refractivity contribution in [1.82, 2.24) is 0 Å². The van der Waals surface area contributed by atoms with Gasteiger partial charge < -0.3 is 16.0 Å². The molecule has 0 saturated heterocycles. The van der Waals surface area contributed by atoms with Gasteiger partial charge in [-0.2, -0.15) is 0 Å². The molecule has 0 atom stereocenters. The summed E-state index contributed by atoms with van der Waals surface area (Å²) in [5.74, 6) is 0.0758. The molecule has 0 spiro atoms. The zero-order valence-corrected chi connectivity index (χ0v) is 12.0. The summed E-state index contributed by atoms with van der Waals surface area (Å²) in [4.78, 5) is 14.0. The monoisotopic (exact) mass is 261 g/mol. The normalized spacial score (nSPS) is 15.8. The molecule has 0 radical (unpaired) electrons. The minimum Gasteiger partial charge on any atom is -0.368 e. The summed E-state index contributed by atoms with van der Waals surface area (Å²) in [6.07, 6.45) is 0.513. The van der Waals surface area contributed by atoms with Crippen molar-refractivity contribution in [2.24, 2.45) is 5.73 Å². The van der Waals surface area contributed by atoms with Gasteiger partial charge >= 0.3 is 0 Å². The van der Waals surface area contributed by atoms with E-state index in [-0.39, 0.29) is 11.3 Å². The quantitative estimate of drug-likeness (QED) is 0.857. The average molecular weight is 261 g/mol. The first-order valence-corrected chi connectivity index (χ1v) is 6.81. The Labute approximate surface area is 115 Å². The van der Waals surface area contributed by atoms with E-state index in [0.29, 0.717) is 13.0 Å². The first-order valence-electron chi connectivity index (χ1n) is 6.81. The maximum absolute atomic E-state index is 11.8. The smallest absolute Gasteiger partial charge is 0.226 e. The van der Waals surface area contributed by atoms with Gasteiger partial charge in [0.05, 0.1) is 11.4 Å². The summed E-state index contributed by atoms with van der Waals surface area (Å²) in [5.41, 5.74) is 8.93. The highest BCUT2D eigenvalue weighted by Gasteiger charge is 2.21. The fourth-order valence-corrected chi connectivity index (χ4v) is 2.34. The zero-order valence-electron chi connectivity index (χ0n) is 12.0. The van der Waals surface area contributed by atoms with Crippen LogP contribution in [0, 0.1) is 0 Å². The van der Waals surface area contributed by atoms with Gasteiger partial charge in [0.25, 0.3) is 0 Å². The Hall–Kier alpha value is -1.55. The molecule has 3 N–H and O–H groups in total. The van der Waals surface area contributed by atoms with Gasteiger partial charge in [-0.3, -0.25) is 4.79 Å². The van der Waals surface area contributed by atoms with E-state index in [1.165, 1.54) is 5.56 Å². The average Bonchev–Trinajstić information content (AvgIpc) is 2.48. The Kier molecular flexibility index (Phi) is 3.80. The van der Waals surface area contributed by atoms with Crippen LogP contribution in [0.2, 0.25) is 0 Å². The SMILES string of the molecule is CC(C)(C)c1ccc2c(c1)NC(=O)CCN2CCN. The molecular weight excluding hydrogens is 238 g/mol. The lowest BCUT2D eigenvalue weighted by molar-refractivity contribution is -0.115. The molecule has 4 heteroatoms. The molecule has 1 amide bonds. The molecular formula is C15H23N3O. The van der Waals surface area contributed by atoms with Crippen LogP contribution in [0.5, 0.6) is 0 Å². The number of amides is 1. The Balaban J connectivity index is 2.42. The van der Waals surface area contributed by atoms with Gasteiger partial charge in [-0.1, -0.05) is 26.8 Å². The molecule has 0 fully saturated rings. The number of nitrogens with one attached hydrogen (secondary N) is 1. The van der Waals surface area contributed by atoms with E-state index in [4.69, 9.17) is 5.73 Å². The summed E-state index contributed by atoms with van der Waals surface area (Å²) in [5, 5.41) is 3.00. The van der Waals surface area contributed by atoms with Gasteiger partial charge in [-0.15, -0.1) is 0 Å². The number of fused-ring (bicyclic) bond motifs is 1. The second kappa shape index (κ2) is 5.21. The molecule has 1 aromatic carbocycles. The summed E-state index contributed by atoms with van der Waals surface area (Å²) in [6, 6.07) is 6.32. The highest BCUT2D eigenvalue weighted by molar-refractivity contribution is 5.96. The van der Waals surface area contributed by atoms with Crippen LogP contribution in [-0.2, 0) is 10.2 Å². The van der Waals surface area contributed by atoms with Crippen LogP contribution < -0.4 is 16.0 Å². The fraction of sp³-hybridized carbons (Fsp3) is 0.533. The predicted molar refractivity (Wildman–Crippen MR) is 79.7 cm³/mol. The van der Waals surface area contributed by atoms with E-state index in [2.05, 4.69) is 49.2 Å². The van der Waals surface area contributed by atoms with Gasteiger partial charge in [0.2, 0.25) is 5.91 Å². The third-order valence-electron chi connectivity index (χ3n) is 3.49. The third kappa shape index (κ3) is 3.07. The Morgan fingerprint density at radius 2 is 2.11 bits per heavy atom. The van der Waals surface area contributed by atoms with Gasteiger partial charge in [0.1, 0.15) is 0 Å². The van der Waals surface area contributed by atoms with E-state index in [1.807, 2.05) is 0 Å². The van der Waals surface area contributed by atoms with Gasteiger partial charge in [0.15, 0.2) is 0 Å². The van der Waals surface area contributed by atoms with Crippen molar-refractivity contribution in [3.8, 4) is 0 Å². The van der Waals surface area contributed by atoms with Gasteiger partial charge in [-0.05, 0) is 23.1 Å².